The Morgan fingerprint density at radius 1 is 1.50 bits per heavy atom. The molecule has 4 nitrogen and oxygen atoms in total. The van der Waals surface area contributed by atoms with Crippen molar-refractivity contribution < 1.29 is 19.7 Å². The SMILES string of the molecule is CC1(C)Cc2cc(C(O)C(=O)O)ccc2O1. The largest absolute Gasteiger partial charge is 0.487 e. The van der Waals surface area contributed by atoms with Crippen molar-refractivity contribution in [2.75, 3.05) is 0 Å². The lowest BCUT2D eigenvalue weighted by Gasteiger charge is -2.16. The molecule has 0 aromatic heterocycles. The third kappa shape index (κ3) is 1.88. The van der Waals surface area contributed by atoms with Crippen LogP contribution in [0.15, 0.2) is 18.2 Å². The fourth-order valence-corrected chi connectivity index (χ4v) is 1.94. The second-order valence-corrected chi connectivity index (χ2v) is 4.65. The molecule has 0 radical (unpaired) electrons. The zero-order valence-corrected chi connectivity index (χ0v) is 9.23. The number of aliphatic hydroxyl groups excluding tert-OH is 1. The Kier molecular flexibility index (Phi) is 2.39. The Morgan fingerprint density at radius 3 is 2.81 bits per heavy atom. The van der Waals surface area contributed by atoms with Gasteiger partial charge in [-0.3, -0.25) is 0 Å². The fourth-order valence-electron chi connectivity index (χ4n) is 1.94. The molecule has 0 saturated heterocycles. The molecule has 0 fully saturated rings. The first kappa shape index (κ1) is 11.0. The van der Waals surface area contributed by atoms with Crippen molar-refractivity contribution in [3.05, 3.63) is 29.3 Å². The van der Waals surface area contributed by atoms with Gasteiger partial charge < -0.3 is 14.9 Å². The molecule has 4 heteroatoms. The molecule has 86 valence electrons. The third-order valence-corrected chi connectivity index (χ3v) is 2.64. The second-order valence-electron chi connectivity index (χ2n) is 4.65. The van der Waals surface area contributed by atoms with E-state index in [-0.39, 0.29) is 5.60 Å². The average molecular weight is 222 g/mol. The summed E-state index contributed by atoms with van der Waals surface area (Å²) in [5.74, 6) is -0.468. The van der Waals surface area contributed by atoms with Gasteiger partial charge in [-0.25, -0.2) is 4.79 Å². The highest BCUT2D eigenvalue weighted by molar-refractivity contribution is 5.74. The summed E-state index contributed by atoms with van der Waals surface area (Å²) in [5.41, 5.74) is 1.09. The predicted molar refractivity (Wildman–Crippen MR) is 57.4 cm³/mol. The Bertz CT molecular complexity index is 437. The molecule has 1 aliphatic heterocycles. The molecule has 0 amide bonds. The molecule has 1 atom stereocenters. The zero-order chi connectivity index (χ0) is 11.9. The first-order valence-electron chi connectivity index (χ1n) is 5.12. The van der Waals surface area contributed by atoms with Gasteiger partial charge in [0.15, 0.2) is 6.10 Å². The molecule has 0 spiro atoms. The molecule has 0 aliphatic carbocycles. The van der Waals surface area contributed by atoms with Gasteiger partial charge in [0.1, 0.15) is 11.4 Å². The van der Waals surface area contributed by atoms with Crippen LogP contribution in [0.3, 0.4) is 0 Å². The van der Waals surface area contributed by atoms with Crippen molar-refractivity contribution in [1.82, 2.24) is 0 Å². The minimum absolute atomic E-state index is 0.255. The minimum atomic E-state index is -1.46. The lowest BCUT2D eigenvalue weighted by Crippen LogP contribution is -2.24. The Hall–Kier alpha value is -1.55. The maximum absolute atomic E-state index is 10.6. The van der Waals surface area contributed by atoms with Crippen LogP contribution in [0.2, 0.25) is 0 Å². The number of carbonyl (C=O) groups is 1. The third-order valence-electron chi connectivity index (χ3n) is 2.64. The molecule has 1 heterocycles. The minimum Gasteiger partial charge on any atom is -0.487 e. The van der Waals surface area contributed by atoms with Gasteiger partial charge in [-0.1, -0.05) is 6.07 Å². The molecule has 2 N–H and O–H groups in total. The molecule has 1 unspecified atom stereocenters. The molecule has 16 heavy (non-hydrogen) atoms. The highest BCUT2D eigenvalue weighted by Crippen LogP contribution is 2.36. The summed E-state index contributed by atoms with van der Waals surface area (Å²) in [7, 11) is 0. The van der Waals surface area contributed by atoms with Crippen LogP contribution < -0.4 is 4.74 Å². The number of carboxylic acids is 1. The van der Waals surface area contributed by atoms with E-state index in [9.17, 15) is 9.90 Å². The normalized spacial score (nSPS) is 18.7. The van der Waals surface area contributed by atoms with Gasteiger partial charge >= 0.3 is 5.97 Å². The van der Waals surface area contributed by atoms with E-state index >= 15 is 0 Å². The molecule has 1 aromatic carbocycles. The standard InChI is InChI=1S/C12H14O4/c1-12(2)6-8-5-7(10(13)11(14)15)3-4-9(8)16-12/h3-5,10,13H,6H2,1-2H3,(H,14,15). The predicted octanol–water partition coefficient (Wildman–Crippen LogP) is 1.52. The van der Waals surface area contributed by atoms with Crippen LogP contribution in [0.1, 0.15) is 31.1 Å². The van der Waals surface area contributed by atoms with E-state index in [1.165, 1.54) is 0 Å². The van der Waals surface area contributed by atoms with E-state index < -0.39 is 12.1 Å². The number of aliphatic hydroxyl groups is 1. The summed E-state index contributed by atoms with van der Waals surface area (Å²) in [6, 6.07) is 4.99. The Morgan fingerprint density at radius 2 is 2.19 bits per heavy atom. The van der Waals surface area contributed by atoms with E-state index in [2.05, 4.69) is 0 Å². The summed E-state index contributed by atoms with van der Waals surface area (Å²) in [4.78, 5) is 10.6. The van der Waals surface area contributed by atoms with Crippen LogP contribution in [0.5, 0.6) is 5.75 Å². The van der Waals surface area contributed by atoms with Crippen LogP contribution in [0.4, 0.5) is 0 Å². The van der Waals surface area contributed by atoms with Crippen molar-refractivity contribution in [2.45, 2.75) is 32.0 Å². The number of rotatable bonds is 2. The highest BCUT2D eigenvalue weighted by Gasteiger charge is 2.30. The number of ether oxygens (including phenoxy) is 1. The van der Waals surface area contributed by atoms with Crippen molar-refractivity contribution in [1.29, 1.82) is 0 Å². The van der Waals surface area contributed by atoms with Crippen LogP contribution in [0, 0.1) is 0 Å². The van der Waals surface area contributed by atoms with E-state index in [0.29, 0.717) is 5.56 Å². The average Bonchev–Trinajstić information content (AvgIpc) is 2.48. The summed E-state index contributed by atoms with van der Waals surface area (Å²) in [6.45, 7) is 3.95. The molecule has 1 aromatic rings. The van der Waals surface area contributed by atoms with Gasteiger partial charge in [-0.15, -0.1) is 0 Å². The Labute approximate surface area is 93.5 Å². The van der Waals surface area contributed by atoms with E-state index in [1.54, 1.807) is 18.2 Å². The van der Waals surface area contributed by atoms with Gasteiger partial charge in [0.2, 0.25) is 0 Å². The quantitative estimate of drug-likeness (QED) is 0.796. The second kappa shape index (κ2) is 3.49. The van der Waals surface area contributed by atoms with Gasteiger partial charge in [-0.05, 0) is 37.1 Å². The molecule has 1 aliphatic rings. The lowest BCUT2D eigenvalue weighted by molar-refractivity contribution is -0.146. The van der Waals surface area contributed by atoms with Gasteiger partial charge in [-0.2, -0.15) is 0 Å². The number of benzene rings is 1. The summed E-state index contributed by atoms with van der Waals surface area (Å²) in [6.07, 6.45) is -0.739. The van der Waals surface area contributed by atoms with Crippen LogP contribution >= 0.6 is 0 Å². The lowest BCUT2D eigenvalue weighted by atomic mass is 9.99. The topological polar surface area (TPSA) is 66.8 Å². The number of aliphatic carboxylic acids is 1. The van der Waals surface area contributed by atoms with Crippen molar-refractivity contribution in [3.63, 3.8) is 0 Å². The smallest absolute Gasteiger partial charge is 0.337 e. The number of fused-ring (bicyclic) bond motifs is 1. The van der Waals surface area contributed by atoms with Crippen LogP contribution in [0.25, 0.3) is 0 Å². The van der Waals surface area contributed by atoms with Crippen LogP contribution in [-0.2, 0) is 11.2 Å². The maximum atomic E-state index is 10.6. The summed E-state index contributed by atoms with van der Waals surface area (Å²) in [5, 5.41) is 18.1. The molecular formula is C12H14O4. The van der Waals surface area contributed by atoms with E-state index in [4.69, 9.17) is 9.84 Å². The fraction of sp³-hybridized carbons (Fsp3) is 0.417. The number of hydrogen-bond donors (Lipinski definition) is 2. The monoisotopic (exact) mass is 222 g/mol. The van der Waals surface area contributed by atoms with E-state index in [1.807, 2.05) is 13.8 Å². The van der Waals surface area contributed by atoms with E-state index in [0.717, 1.165) is 17.7 Å². The first-order valence-corrected chi connectivity index (χ1v) is 5.12. The molecule has 0 saturated carbocycles. The van der Waals surface area contributed by atoms with Gasteiger partial charge in [0.25, 0.3) is 0 Å². The zero-order valence-electron chi connectivity index (χ0n) is 9.23. The molecule has 0 bridgehead atoms. The van der Waals surface area contributed by atoms with Crippen molar-refractivity contribution >= 4 is 5.97 Å². The van der Waals surface area contributed by atoms with Crippen molar-refractivity contribution in [3.8, 4) is 5.75 Å². The molecular weight excluding hydrogens is 208 g/mol. The van der Waals surface area contributed by atoms with Gasteiger partial charge in [0.05, 0.1) is 0 Å². The van der Waals surface area contributed by atoms with Crippen molar-refractivity contribution in [2.24, 2.45) is 0 Å². The molecule has 2 rings (SSSR count). The summed E-state index contributed by atoms with van der Waals surface area (Å²) < 4.78 is 5.66. The van der Waals surface area contributed by atoms with Gasteiger partial charge in [0, 0.05) is 6.42 Å². The highest BCUT2D eigenvalue weighted by atomic mass is 16.5. The Balaban J connectivity index is 2.32. The first-order chi connectivity index (χ1) is 7.39. The number of hydrogen-bond acceptors (Lipinski definition) is 3. The van der Waals surface area contributed by atoms with Crippen LogP contribution in [-0.4, -0.2) is 21.8 Å². The summed E-state index contributed by atoms with van der Waals surface area (Å²) >= 11 is 0. The number of carboxylic acid groups (broad SMARTS) is 1. The maximum Gasteiger partial charge on any atom is 0.337 e.